The summed E-state index contributed by atoms with van der Waals surface area (Å²) in [5.74, 6) is 0.209. The predicted octanol–water partition coefficient (Wildman–Crippen LogP) is 3.37. The number of hydrogen-bond acceptors (Lipinski definition) is 6. The van der Waals surface area contributed by atoms with E-state index < -0.39 is 23.4 Å². The number of hydrogen-bond donors (Lipinski definition) is 1. The summed E-state index contributed by atoms with van der Waals surface area (Å²) in [5, 5.41) is 2.87. The van der Waals surface area contributed by atoms with Crippen LogP contribution >= 0.6 is 0 Å². The average molecular weight is 470 g/mol. The molecule has 2 amide bonds. The van der Waals surface area contributed by atoms with E-state index in [1.165, 1.54) is 0 Å². The van der Waals surface area contributed by atoms with E-state index >= 15 is 0 Å². The Labute approximate surface area is 190 Å². The number of nitrogens with zero attached hydrogens (tertiary/aromatic N) is 4. The van der Waals surface area contributed by atoms with E-state index in [9.17, 15) is 22.8 Å². The molecule has 2 unspecified atom stereocenters. The molecular weight excluding hydrogens is 439 g/mol. The van der Waals surface area contributed by atoms with Crippen molar-refractivity contribution in [2.24, 2.45) is 5.92 Å². The van der Waals surface area contributed by atoms with Gasteiger partial charge in [-0.15, -0.1) is 0 Å². The van der Waals surface area contributed by atoms with E-state index in [0.717, 1.165) is 31.7 Å². The molecule has 3 aliphatic rings. The Bertz CT molecular complexity index is 873. The minimum absolute atomic E-state index is 0.0139. The van der Waals surface area contributed by atoms with Crippen molar-refractivity contribution in [3.63, 3.8) is 0 Å². The summed E-state index contributed by atoms with van der Waals surface area (Å²) in [7, 11) is 0. The molecule has 182 valence electrons. The van der Waals surface area contributed by atoms with E-state index in [1.807, 2.05) is 9.80 Å². The van der Waals surface area contributed by atoms with Crippen LogP contribution in [0.15, 0.2) is 12.4 Å². The van der Waals surface area contributed by atoms with Gasteiger partial charge in [0.25, 0.3) is 0 Å². The number of nitrogens with one attached hydrogen (secondary N) is 1. The second kappa shape index (κ2) is 8.64. The second-order valence-corrected chi connectivity index (χ2v) is 10.2. The Morgan fingerprint density at radius 3 is 2.18 bits per heavy atom. The summed E-state index contributed by atoms with van der Waals surface area (Å²) in [6, 6.07) is -0.117. The van der Waals surface area contributed by atoms with Crippen molar-refractivity contribution in [2.45, 2.75) is 82.8 Å². The maximum absolute atomic E-state index is 13.3. The van der Waals surface area contributed by atoms with E-state index in [1.54, 1.807) is 20.8 Å². The number of piperazine rings is 1. The molecule has 4 rings (SSSR count). The lowest BCUT2D eigenvalue weighted by Crippen LogP contribution is -2.57. The first-order valence-corrected chi connectivity index (χ1v) is 11.4. The Kier molecular flexibility index (Phi) is 6.17. The van der Waals surface area contributed by atoms with Crippen molar-refractivity contribution in [2.75, 3.05) is 18.0 Å². The third-order valence-electron chi connectivity index (χ3n) is 6.49. The summed E-state index contributed by atoms with van der Waals surface area (Å²) in [6.07, 6.45) is 0.381. The minimum atomic E-state index is -4.47. The highest BCUT2D eigenvalue weighted by Gasteiger charge is 2.46. The van der Waals surface area contributed by atoms with Gasteiger partial charge in [0, 0.05) is 49.5 Å². The van der Waals surface area contributed by atoms with Crippen LogP contribution in [-0.4, -0.2) is 63.7 Å². The lowest BCUT2D eigenvalue weighted by atomic mass is 10.0. The molecule has 0 aromatic carbocycles. The number of rotatable bonds is 3. The molecule has 1 N–H and O–H groups in total. The number of fused-ring (bicyclic) bond motifs is 2. The van der Waals surface area contributed by atoms with Crippen LogP contribution in [0.2, 0.25) is 0 Å². The molecule has 3 heterocycles. The SMILES string of the molecule is CC(C)(C)OC(=O)N[C@H]1CC[C@H](C(=O)N2C3CCC2CN(c2ncc(C(F)(F)F)cn2)C3)C1. The fraction of sp³-hybridized carbons (Fsp3) is 0.727. The smallest absolute Gasteiger partial charge is 0.419 e. The van der Waals surface area contributed by atoms with Crippen LogP contribution in [0.1, 0.15) is 58.4 Å². The molecular formula is C22H30F3N5O3. The molecule has 2 saturated heterocycles. The van der Waals surface area contributed by atoms with Gasteiger partial charge in [-0.05, 0) is 52.9 Å². The largest absolute Gasteiger partial charge is 0.444 e. The first kappa shape index (κ1) is 23.6. The number of ether oxygens (including phenoxy) is 1. The van der Waals surface area contributed by atoms with Gasteiger partial charge in [0.2, 0.25) is 11.9 Å². The standard InChI is InChI=1S/C22H30F3N5O3/c1-21(2,3)33-20(32)28-15-5-4-13(8-15)18(31)30-16-6-7-17(30)12-29(11-16)19-26-9-14(10-27-19)22(23,24)25/h9-10,13,15-17H,4-8,11-12H2,1-3H3,(H,28,32)/t13-,15-,16?,17?/m0/s1. The number of halogens is 3. The second-order valence-electron chi connectivity index (χ2n) is 10.2. The van der Waals surface area contributed by atoms with Crippen molar-refractivity contribution < 1.29 is 27.5 Å². The first-order chi connectivity index (χ1) is 15.4. The fourth-order valence-corrected chi connectivity index (χ4v) is 5.08. The van der Waals surface area contributed by atoms with Crippen molar-refractivity contribution in [3.8, 4) is 0 Å². The van der Waals surface area contributed by atoms with Crippen molar-refractivity contribution in [3.05, 3.63) is 18.0 Å². The van der Waals surface area contributed by atoms with Gasteiger partial charge >= 0.3 is 12.3 Å². The number of carbonyl (C=O) groups is 2. The highest BCUT2D eigenvalue weighted by Crippen LogP contribution is 2.36. The zero-order chi connectivity index (χ0) is 24.0. The predicted molar refractivity (Wildman–Crippen MR) is 113 cm³/mol. The Morgan fingerprint density at radius 1 is 1.03 bits per heavy atom. The van der Waals surface area contributed by atoms with E-state index in [0.29, 0.717) is 25.9 Å². The van der Waals surface area contributed by atoms with Crippen molar-refractivity contribution >= 4 is 17.9 Å². The van der Waals surface area contributed by atoms with Crippen LogP contribution in [0.5, 0.6) is 0 Å². The number of alkyl carbamates (subject to hydrolysis) is 1. The quantitative estimate of drug-likeness (QED) is 0.731. The van der Waals surface area contributed by atoms with E-state index in [-0.39, 0.29) is 35.9 Å². The van der Waals surface area contributed by atoms with Crippen LogP contribution in [0.4, 0.5) is 23.9 Å². The van der Waals surface area contributed by atoms with Crippen LogP contribution in [-0.2, 0) is 15.7 Å². The third kappa shape index (κ3) is 5.33. The number of amides is 2. The highest BCUT2D eigenvalue weighted by molar-refractivity contribution is 5.81. The molecule has 8 nitrogen and oxygen atoms in total. The number of aromatic nitrogens is 2. The monoisotopic (exact) mass is 469 g/mol. The normalized spacial score (nSPS) is 27.6. The molecule has 33 heavy (non-hydrogen) atoms. The van der Waals surface area contributed by atoms with Gasteiger partial charge in [0.15, 0.2) is 0 Å². The minimum Gasteiger partial charge on any atom is -0.444 e. The summed E-state index contributed by atoms with van der Waals surface area (Å²) < 4.78 is 43.7. The van der Waals surface area contributed by atoms with Crippen LogP contribution < -0.4 is 10.2 Å². The Balaban J connectivity index is 1.34. The zero-order valence-electron chi connectivity index (χ0n) is 19.1. The van der Waals surface area contributed by atoms with Gasteiger partial charge in [-0.2, -0.15) is 13.2 Å². The lowest BCUT2D eigenvalue weighted by Gasteiger charge is -2.42. The van der Waals surface area contributed by atoms with Crippen LogP contribution in [0, 0.1) is 5.92 Å². The van der Waals surface area contributed by atoms with Gasteiger partial charge in [0.05, 0.1) is 5.56 Å². The highest BCUT2D eigenvalue weighted by atomic mass is 19.4. The molecule has 1 saturated carbocycles. The average Bonchev–Trinajstić information content (AvgIpc) is 3.27. The topological polar surface area (TPSA) is 87.7 Å². The number of alkyl halides is 3. The van der Waals surface area contributed by atoms with Gasteiger partial charge < -0.3 is 19.9 Å². The van der Waals surface area contributed by atoms with E-state index in [4.69, 9.17) is 4.74 Å². The molecule has 3 fully saturated rings. The maximum atomic E-state index is 13.3. The first-order valence-electron chi connectivity index (χ1n) is 11.4. The Hall–Kier alpha value is -2.59. The van der Waals surface area contributed by atoms with Crippen molar-refractivity contribution in [1.82, 2.24) is 20.2 Å². The van der Waals surface area contributed by atoms with E-state index in [2.05, 4.69) is 15.3 Å². The molecule has 1 aromatic heterocycles. The lowest BCUT2D eigenvalue weighted by molar-refractivity contribution is -0.139. The zero-order valence-corrected chi connectivity index (χ0v) is 19.1. The van der Waals surface area contributed by atoms with Crippen molar-refractivity contribution in [1.29, 1.82) is 0 Å². The van der Waals surface area contributed by atoms with Gasteiger partial charge in [-0.1, -0.05) is 0 Å². The molecule has 4 atom stereocenters. The Morgan fingerprint density at radius 2 is 1.64 bits per heavy atom. The number of anilines is 1. The maximum Gasteiger partial charge on any atom is 0.419 e. The van der Waals surface area contributed by atoms with Crippen LogP contribution in [0.25, 0.3) is 0 Å². The molecule has 1 aromatic rings. The summed E-state index contributed by atoms with van der Waals surface area (Å²) in [4.78, 5) is 37.0. The van der Waals surface area contributed by atoms with Gasteiger partial charge in [0.1, 0.15) is 5.60 Å². The summed E-state index contributed by atoms with van der Waals surface area (Å²) in [5.41, 5.74) is -1.45. The molecule has 11 heteroatoms. The van der Waals surface area contributed by atoms with Gasteiger partial charge in [-0.3, -0.25) is 4.79 Å². The third-order valence-corrected chi connectivity index (χ3v) is 6.49. The summed E-state index contributed by atoms with van der Waals surface area (Å²) in [6.45, 7) is 6.41. The fourth-order valence-electron chi connectivity index (χ4n) is 5.08. The molecule has 2 aliphatic heterocycles. The molecule has 0 radical (unpaired) electrons. The van der Waals surface area contributed by atoms with Crippen LogP contribution in [0.3, 0.4) is 0 Å². The number of carbonyl (C=O) groups excluding carboxylic acids is 2. The van der Waals surface area contributed by atoms with Gasteiger partial charge in [-0.25, -0.2) is 14.8 Å². The molecule has 0 spiro atoms. The molecule has 1 aliphatic carbocycles. The molecule has 2 bridgehead atoms. The summed E-state index contributed by atoms with van der Waals surface area (Å²) >= 11 is 0.